The molecule has 1 aromatic rings. The van der Waals surface area contributed by atoms with Gasteiger partial charge < -0.3 is 25.4 Å². The molecule has 8 heteroatoms. The Morgan fingerprint density at radius 1 is 1.14 bits per heavy atom. The van der Waals surface area contributed by atoms with Crippen molar-refractivity contribution in [2.75, 3.05) is 55.5 Å². The Labute approximate surface area is 126 Å². The van der Waals surface area contributed by atoms with E-state index in [1.807, 2.05) is 11.8 Å². The monoisotopic (exact) mass is 298 g/mol. The molecule has 1 unspecified atom stereocenters. The quantitative estimate of drug-likeness (QED) is 0.577. The third-order valence-corrected chi connectivity index (χ3v) is 2.93. The number of aliphatic hydroxyl groups excluding tert-OH is 1. The number of aromatic nitrogens is 3. The minimum Gasteiger partial charge on any atom is -0.394 e. The molecule has 3 N–H and O–H groups in total. The van der Waals surface area contributed by atoms with Crippen molar-refractivity contribution in [2.45, 2.75) is 26.8 Å². The maximum atomic E-state index is 9.32. The van der Waals surface area contributed by atoms with Gasteiger partial charge in [-0.3, -0.25) is 0 Å². The van der Waals surface area contributed by atoms with E-state index >= 15 is 0 Å². The van der Waals surface area contributed by atoms with Crippen LogP contribution in [0.4, 0.5) is 17.8 Å². The van der Waals surface area contributed by atoms with Crippen LogP contribution < -0.4 is 15.5 Å². The molecule has 1 aromatic heterocycles. The lowest BCUT2D eigenvalue weighted by Crippen LogP contribution is -2.31. The fraction of sp³-hybridized carbons (Fsp3) is 0.769. The molecule has 0 aliphatic carbocycles. The Hall–Kier alpha value is -1.67. The van der Waals surface area contributed by atoms with Crippen molar-refractivity contribution in [1.29, 1.82) is 0 Å². The van der Waals surface area contributed by atoms with Gasteiger partial charge in [0.1, 0.15) is 0 Å². The smallest absolute Gasteiger partial charge is 0.231 e. The molecule has 0 aliphatic rings. The minimum atomic E-state index is -0.253. The minimum absolute atomic E-state index is 0.0589. The molecule has 1 atom stereocenters. The van der Waals surface area contributed by atoms with Crippen LogP contribution in [0.2, 0.25) is 0 Å². The largest absolute Gasteiger partial charge is 0.394 e. The van der Waals surface area contributed by atoms with E-state index in [2.05, 4.69) is 39.4 Å². The van der Waals surface area contributed by atoms with Crippen LogP contribution in [0.25, 0.3) is 0 Å². The molecule has 0 spiro atoms. The fourth-order valence-electron chi connectivity index (χ4n) is 1.84. The van der Waals surface area contributed by atoms with E-state index in [9.17, 15) is 5.11 Å². The van der Waals surface area contributed by atoms with Crippen LogP contribution in [0.3, 0.4) is 0 Å². The zero-order chi connectivity index (χ0) is 15.7. The molecule has 0 saturated heterocycles. The molecule has 1 rings (SSSR count). The highest BCUT2D eigenvalue weighted by molar-refractivity contribution is 5.44. The van der Waals surface area contributed by atoms with Gasteiger partial charge in [-0.25, -0.2) is 0 Å². The maximum Gasteiger partial charge on any atom is 0.231 e. The molecule has 0 aliphatic heterocycles. The van der Waals surface area contributed by atoms with Crippen molar-refractivity contribution in [3.05, 3.63) is 0 Å². The zero-order valence-electron chi connectivity index (χ0n) is 13.3. The molecular formula is C13H26N6O2. The summed E-state index contributed by atoms with van der Waals surface area (Å²) in [6.45, 7) is 8.75. The summed E-state index contributed by atoms with van der Waals surface area (Å²) in [5.74, 6) is 1.56. The summed E-state index contributed by atoms with van der Waals surface area (Å²) >= 11 is 0. The summed E-state index contributed by atoms with van der Waals surface area (Å²) in [5.41, 5.74) is 0. The van der Waals surface area contributed by atoms with Crippen molar-refractivity contribution in [1.82, 2.24) is 15.0 Å². The lowest BCUT2D eigenvalue weighted by molar-refractivity contribution is 0.153. The second-order valence-corrected chi connectivity index (χ2v) is 4.46. The molecule has 0 fully saturated rings. The molecule has 120 valence electrons. The molecule has 0 bridgehead atoms. The second kappa shape index (κ2) is 9.30. The predicted molar refractivity (Wildman–Crippen MR) is 83.9 cm³/mol. The van der Waals surface area contributed by atoms with E-state index in [1.54, 1.807) is 7.11 Å². The number of hydrogen-bond acceptors (Lipinski definition) is 8. The highest BCUT2D eigenvalue weighted by Gasteiger charge is 2.14. The summed E-state index contributed by atoms with van der Waals surface area (Å²) in [6.07, 6.45) is 0. The zero-order valence-corrected chi connectivity index (χ0v) is 13.3. The SMILES string of the molecule is CCNc1nc(NC(CO)COC)nc(N(CC)CC)n1. The summed E-state index contributed by atoms with van der Waals surface area (Å²) in [7, 11) is 1.59. The molecule has 0 saturated carbocycles. The van der Waals surface area contributed by atoms with Gasteiger partial charge in [0.15, 0.2) is 0 Å². The van der Waals surface area contributed by atoms with Crippen molar-refractivity contribution in [3.8, 4) is 0 Å². The third-order valence-electron chi connectivity index (χ3n) is 2.93. The summed E-state index contributed by atoms with van der Waals surface area (Å²) in [6, 6.07) is -0.253. The highest BCUT2D eigenvalue weighted by atomic mass is 16.5. The molecule has 0 radical (unpaired) electrons. The molecule has 0 aromatic carbocycles. The lowest BCUT2D eigenvalue weighted by Gasteiger charge is -2.21. The number of methoxy groups -OCH3 is 1. The molecule has 1 heterocycles. The number of nitrogens with one attached hydrogen (secondary N) is 2. The first-order valence-corrected chi connectivity index (χ1v) is 7.29. The molecule has 0 amide bonds. The topological polar surface area (TPSA) is 95.4 Å². The maximum absolute atomic E-state index is 9.32. The number of rotatable bonds is 10. The van der Waals surface area contributed by atoms with Crippen molar-refractivity contribution >= 4 is 17.8 Å². The van der Waals surface area contributed by atoms with Gasteiger partial charge in [-0.15, -0.1) is 0 Å². The van der Waals surface area contributed by atoms with E-state index in [1.165, 1.54) is 0 Å². The first-order valence-electron chi connectivity index (χ1n) is 7.29. The number of anilines is 3. The van der Waals surface area contributed by atoms with E-state index in [-0.39, 0.29) is 12.6 Å². The molecule has 8 nitrogen and oxygen atoms in total. The third kappa shape index (κ3) is 5.31. The Balaban J connectivity index is 3.00. The predicted octanol–water partition coefficient (Wildman–Crippen LogP) is 0.569. The number of aliphatic hydroxyl groups is 1. The molecular weight excluding hydrogens is 272 g/mol. The summed E-state index contributed by atoms with van der Waals surface area (Å²) in [5, 5.41) is 15.5. The standard InChI is InChI=1S/C13H26N6O2/c1-5-14-11-16-12(15-10(8-20)9-21-4)18-13(17-11)19(6-2)7-3/h10,20H,5-9H2,1-4H3,(H2,14,15,16,17,18). The molecule has 21 heavy (non-hydrogen) atoms. The Bertz CT molecular complexity index is 414. The van der Waals surface area contributed by atoms with Gasteiger partial charge in [0.05, 0.1) is 19.3 Å². The van der Waals surface area contributed by atoms with E-state index in [4.69, 9.17) is 4.74 Å². The first kappa shape index (κ1) is 17.4. The van der Waals surface area contributed by atoms with Gasteiger partial charge in [-0.1, -0.05) is 0 Å². The van der Waals surface area contributed by atoms with Crippen LogP contribution >= 0.6 is 0 Å². The highest BCUT2D eigenvalue weighted by Crippen LogP contribution is 2.14. The number of hydrogen-bond donors (Lipinski definition) is 3. The van der Waals surface area contributed by atoms with Crippen LogP contribution in [0.15, 0.2) is 0 Å². The normalized spacial score (nSPS) is 12.0. The van der Waals surface area contributed by atoms with Crippen LogP contribution in [-0.2, 0) is 4.74 Å². The van der Waals surface area contributed by atoms with Crippen LogP contribution in [-0.4, -0.2) is 66.1 Å². The van der Waals surface area contributed by atoms with Crippen LogP contribution in [0, 0.1) is 0 Å². The Kier molecular flexibility index (Phi) is 7.70. The van der Waals surface area contributed by atoms with Gasteiger partial charge in [0.2, 0.25) is 17.8 Å². The van der Waals surface area contributed by atoms with Gasteiger partial charge in [0, 0.05) is 26.7 Å². The second-order valence-electron chi connectivity index (χ2n) is 4.46. The van der Waals surface area contributed by atoms with E-state index in [0.717, 1.165) is 19.6 Å². The Morgan fingerprint density at radius 2 is 1.81 bits per heavy atom. The fourth-order valence-corrected chi connectivity index (χ4v) is 1.84. The van der Waals surface area contributed by atoms with Gasteiger partial charge in [-0.05, 0) is 20.8 Å². The summed E-state index contributed by atoms with van der Waals surface area (Å²) in [4.78, 5) is 15.2. The van der Waals surface area contributed by atoms with E-state index < -0.39 is 0 Å². The van der Waals surface area contributed by atoms with Crippen molar-refractivity contribution in [2.24, 2.45) is 0 Å². The first-order chi connectivity index (χ1) is 10.2. The average molecular weight is 298 g/mol. The van der Waals surface area contributed by atoms with Crippen LogP contribution in [0.1, 0.15) is 20.8 Å². The van der Waals surface area contributed by atoms with Gasteiger partial charge in [0.25, 0.3) is 0 Å². The van der Waals surface area contributed by atoms with E-state index in [0.29, 0.717) is 24.5 Å². The number of ether oxygens (including phenoxy) is 1. The van der Waals surface area contributed by atoms with Crippen molar-refractivity contribution in [3.63, 3.8) is 0 Å². The Morgan fingerprint density at radius 3 is 2.33 bits per heavy atom. The van der Waals surface area contributed by atoms with Crippen LogP contribution in [0.5, 0.6) is 0 Å². The summed E-state index contributed by atoms with van der Waals surface area (Å²) < 4.78 is 5.05. The van der Waals surface area contributed by atoms with Gasteiger partial charge >= 0.3 is 0 Å². The average Bonchev–Trinajstić information content (AvgIpc) is 2.48. The van der Waals surface area contributed by atoms with Crippen molar-refractivity contribution < 1.29 is 9.84 Å². The number of nitrogens with zero attached hydrogens (tertiary/aromatic N) is 4. The lowest BCUT2D eigenvalue weighted by atomic mass is 10.3. The van der Waals surface area contributed by atoms with Gasteiger partial charge in [-0.2, -0.15) is 15.0 Å².